The maximum absolute atomic E-state index is 13.4. The van der Waals surface area contributed by atoms with Crippen molar-refractivity contribution in [2.45, 2.75) is 11.0 Å². The number of nitrogens with one attached hydrogen (secondary N) is 1. The van der Waals surface area contributed by atoms with Crippen LogP contribution in [0.15, 0.2) is 17.0 Å². The van der Waals surface area contributed by atoms with Crippen molar-refractivity contribution < 1.29 is 31.8 Å². The van der Waals surface area contributed by atoms with Crippen molar-refractivity contribution in [2.75, 3.05) is 19.4 Å². The second-order valence-corrected chi connectivity index (χ2v) is 5.44. The molecule has 1 rings (SSSR count). The zero-order valence-corrected chi connectivity index (χ0v) is 11.1. The number of carbonyl (C=O) groups is 1. The van der Waals surface area contributed by atoms with Gasteiger partial charge in [0.25, 0.3) is 0 Å². The third-order valence-electron chi connectivity index (χ3n) is 2.25. The van der Waals surface area contributed by atoms with Crippen LogP contribution in [0.3, 0.4) is 0 Å². The van der Waals surface area contributed by atoms with E-state index < -0.39 is 45.2 Å². The molecule has 0 aliphatic carbocycles. The lowest BCUT2D eigenvalue weighted by molar-refractivity contribution is -0.149. The molecule has 1 atom stereocenters. The van der Waals surface area contributed by atoms with Gasteiger partial charge in [-0.2, -0.15) is 0 Å². The number of ether oxygens (including phenoxy) is 1. The van der Waals surface area contributed by atoms with Crippen molar-refractivity contribution in [3.8, 4) is 0 Å². The highest BCUT2D eigenvalue weighted by Gasteiger charge is 2.25. The van der Waals surface area contributed by atoms with E-state index in [-0.39, 0.29) is 5.69 Å². The number of anilines is 1. The second kappa shape index (κ2) is 6.11. The second-order valence-electron chi connectivity index (χ2n) is 3.71. The van der Waals surface area contributed by atoms with Crippen LogP contribution in [0.4, 0.5) is 14.5 Å². The van der Waals surface area contributed by atoms with Gasteiger partial charge < -0.3 is 15.6 Å². The number of benzene rings is 1. The Bertz CT molecular complexity index is 620. The van der Waals surface area contributed by atoms with Gasteiger partial charge in [-0.3, -0.25) is 0 Å². The maximum atomic E-state index is 13.4. The van der Waals surface area contributed by atoms with Crippen LogP contribution in [0.1, 0.15) is 0 Å². The standard InChI is InChI=1S/C10H12F2N2O5S/c1-19-10(16)7(15)4-14-20(17,18)8-3-5(13)2-6(11)9(8)12/h2-3,7,14-15H,4,13H2,1H3. The van der Waals surface area contributed by atoms with E-state index in [4.69, 9.17) is 5.73 Å². The van der Waals surface area contributed by atoms with Crippen molar-refractivity contribution >= 4 is 21.7 Å². The fraction of sp³-hybridized carbons (Fsp3) is 0.300. The third-order valence-corrected chi connectivity index (χ3v) is 3.67. The van der Waals surface area contributed by atoms with Crippen molar-refractivity contribution in [1.29, 1.82) is 0 Å². The lowest BCUT2D eigenvalue weighted by Crippen LogP contribution is -2.37. The Hall–Kier alpha value is -1.78. The van der Waals surface area contributed by atoms with E-state index in [1.807, 2.05) is 0 Å². The predicted octanol–water partition coefficient (Wildman–Crippen LogP) is -0.641. The molecule has 112 valence electrons. The number of aliphatic hydroxyl groups is 1. The van der Waals surface area contributed by atoms with E-state index in [0.29, 0.717) is 12.1 Å². The minimum Gasteiger partial charge on any atom is -0.467 e. The zero-order valence-electron chi connectivity index (χ0n) is 10.3. The predicted molar refractivity (Wildman–Crippen MR) is 64.0 cm³/mol. The summed E-state index contributed by atoms with van der Waals surface area (Å²) < 4.78 is 55.9. The Balaban J connectivity index is 2.98. The molecule has 4 N–H and O–H groups in total. The molecule has 0 amide bonds. The highest BCUT2D eigenvalue weighted by Crippen LogP contribution is 2.20. The van der Waals surface area contributed by atoms with E-state index in [2.05, 4.69) is 4.74 Å². The van der Waals surface area contributed by atoms with E-state index in [1.54, 1.807) is 4.72 Å². The normalized spacial score (nSPS) is 13.0. The maximum Gasteiger partial charge on any atom is 0.336 e. The average molecular weight is 310 g/mol. The molecule has 0 aliphatic heterocycles. The van der Waals surface area contributed by atoms with Gasteiger partial charge in [-0.15, -0.1) is 0 Å². The molecular weight excluding hydrogens is 298 g/mol. The molecule has 10 heteroatoms. The van der Waals surface area contributed by atoms with Gasteiger partial charge in [-0.05, 0) is 12.1 Å². The Morgan fingerprint density at radius 1 is 1.50 bits per heavy atom. The van der Waals surface area contributed by atoms with Gasteiger partial charge in [0.15, 0.2) is 17.7 Å². The number of hydrogen-bond donors (Lipinski definition) is 3. The molecule has 20 heavy (non-hydrogen) atoms. The number of methoxy groups -OCH3 is 1. The molecule has 1 aromatic carbocycles. The summed E-state index contributed by atoms with van der Waals surface area (Å²) in [6.45, 7) is -0.759. The van der Waals surface area contributed by atoms with Crippen molar-refractivity contribution in [3.05, 3.63) is 23.8 Å². The van der Waals surface area contributed by atoms with Crippen LogP contribution in [0.25, 0.3) is 0 Å². The summed E-state index contributed by atoms with van der Waals surface area (Å²) in [6, 6.07) is 1.34. The molecule has 0 spiro atoms. The van der Waals surface area contributed by atoms with Gasteiger partial charge in [-0.25, -0.2) is 26.7 Å². The van der Waals surface area contributed by atoms with Crippen LogP contribution in [0.2, 0.25) is 0 Å². The molecule has 0 saturated carbocycles. The summed E-state index contributed by atoms with van der Waals surface area (Å²) in [6.07, 6.45) is -1.77. The van der Waals surface area contributed by atoms with Gasteiger partial charge in [0.1, 0.15) is 4.90 Å². The van der Waals surface area contributed by atoms with Crippen LogP contribution >= 0.6 is 0 Å². The van der Waals surface area contributed by atoms with Gasteiger partial charge in [-0.1, -0.05) is 0 Å². The third kappa shape index (κ3) is 3.62. The summed E-state index contributed by atoms with van der Waals surface area (Å²) in [5.41, 5.74) is 4.93. The Labute approximate surface area is 113 Å². The lowest BCUT2D eigenvalue weighted by Gasteiger charge is -2.11. The largest absolute Gasteiger partial charge is 0.467 e. The quantitative estimate of drug-likeness (QED) is 0.492. The highest BCUT2D eigenvalue weighted by molar-refractivity contribution is 7.89. The van der Waals surface area contributed by atoms with E-state index in [1.165, 1.54) is 0 Å². The molecule has 0 fully saturated rings. The summed E-state index contributed by atoms with van der Waals surface area (Å²) in [5.74, 6) is -4.12. The molecular formula is C10H12F2N2O5S. The minimum atomic E-state index is -4.49. The summed E-state index contributed by atoms with van der Waals surface area (Å²) in [5, 5.41) is 9.21. The summed E-state index contributed by atoms with van der Waals surface area (Å²) in [4.78, 5) is 9.86. The lowest BCUT2D eigenvalue weighted by atomic mass is 10.3. The fourth-order valence-electron chi connectivity index (χ4n) is 1.27. The Kier molecular flexibility index (Phi) is 4.98. The topological polar surface area (TPSA) is 119 Å². The first-order valence-electron chi connectivity index (χ1n) is 5.19. The van der Waals surface area contributed by atoms with Crippen LogP contribution < -0.4 is 10.5 Å². The zero-order chi connectivity index (χ0) is 15.5. The molecule has 0 radical (unpaired) electrons. The first kappa shape index (κ1) is 16.3. The smallest absolute Gasteiger partial charge is 0.336 e. The number of carbonyl (C=O) groups excluding carboxylic acids is 1. The van der Waals surface area contributed by atoms with Gasteiger partial charge in [0.05, 0.1) is 7.11 Å². The molecule has 1 aromatic rings. The first-order valence-corrected chi connectivity index (χ1v) is 6.67. The number of aliphatic hydroxyl groups excluding tert-OH is 1. The molecule has 0 heterocycles. The van der Waals surface area contributed by atoms with E-state index in [9.17, 15) is 27.1 Å². The number of rotatable bonds is 5. The summed E-state index contributed by atoms with van der Waals surface area (Å²) in [7, 11) is -3.49. The van der Waals surface area contributed by atoms with Gasteiger partial charge in [0, 0.05) is 12.2 Å². The number of halogens is 2. The van der Waals surface area contributed by atoms with Crippen LogP contribution in [0, 0.1) is 11.6 Å². The molecule has 7 nitrogen and oxygen atoms in total. The Morgan fingerprint density at radius 2 is 2.10 bits per heavy atom. The molecule has 0 aromatic heterocycles. The monoisotopic (exact) mass is 310 g/mol. The first-order chi connectivity index (χ1) is 9.19. The van der Waals surface area contributed by atoms with Crippen molar-refractivity contribution in [1.82, 2.24) is 4.72 Å². The Morgan fingerprint density at radius 3 is 2.65 bits per heavy atom. The highest BCUT2D eigenvalue weighted by atomic mass is 32.2. The number of esters is 1. The number of sulfonamides is 1. The number of nitrogens with two attached hydrogens (primary N) is 1. The molecule has 0 saturated heterocycles. The van der Waals surface area contributed by atoms with Gasteiger partial charge >= 0.3 is 5.97 Å². The van der Waals surface area contributed by atoms with Crippen molar-refractivity contribution in [3.63, 3.8) is 0 Å². The molecule has 0 bridgehead atoms. The van der Waals surface area contributed by atoms with E-state index in [0.717, 1.165) is 7.11 Å². The van der Waals surface area contributed by atoms with E-state index >= 15 is 0 Å². The molecule has 1 unspecified atom stereocenters. The SMILES string of the molecule is COC(=O)C(O)CNS(=O)(=O)c1cc(N)cc(F)c1F. The number of nitrogen functional groups attached to an aromatic ring is 1. The number of hydrogen-bond acceptors (Lipinski definition) is 6. The van der Waals surface area contributed by atoms with Crippen LogP contribution in [-0.4, -0.2) is 39.3 Å². The average Bonchev–Trinajstić information content (AvgIpc) is 2.39. The van der Waals surface area contributed by atoms with Crippen LogP contribution in [0.5, 0.6) is 0 Å². The summed E-state index contributed by atoms with van der Waals surface area (Å²) >= 11 is 0. The van der Waals surface area contributed by atoms with Crippen molar-refractivity contribution in [2.24, 2.45) is 0 Å². The van der Waals surface area contributed by atoms with Gasteiger partial charge in [0.2, 0.25) is 10.0 Å². The minimum absolute atomic E-state index is 0.294. The van der Waals surface area contributed by atoms with Crippen LogP contribution in [-0.2, 0) is 19.6 Å². The molecule has 0 aliphatic rings. The fourth-order valence-corrected chi connectivity index (χ4v) is 2.42.